The SMILES string of the molecule is CC(=O)[C@@]1(C)CC[C@@]2(C[C@@H]1C)OCCC2(C)C. The smallest absolute Gasteiger partial charge is 0.135 e. The molecular weight excluding hydrogens is 212 g/mol. The molecule has 0 bridgehead atoms. The number of Topliss-reactive ketones (excluding diaryl/α,β-unsaturated/α-hetero) is 1. The third kappa shape index (κ3) is 1.76. The average Bonchev–Trinajstić information content (AvgIpc) is 2.49. The van der Waals surface area contributed by atoms with Gasteiger partial charge in [0.1, 0.15) is 5.78 Å². The number of hydrogen-bond donors (Lipinski definition) is 0. The lowest BCUT2D eigenvalue weighted by Gasteiger charge is -2.51. The van der Waals surface area contributed by atoms with Crippen LogP contribution in [-0.4, -0.2) is 18.0 Å². The Labute approximate surface area is 105 Å². The summed E-state index contributed by atoms with van der Waals surface area (Å²) in [5.74, 6) is 0.766. The van der Waals surface area contributed by atoms with E-state index in [1.807, 2.05) is 0 Å². The van der Waals surface area contributed by atoms with E-state index in [0.29, 0.717) is 11.7 Å². The van der Waals surface area contributed by atoms with Crippen LogP contribution in [0.1, 0.15) is 60.3 Å². The lowest BCUT2D eigenvalue weighted by molar-refractivity contribution is -0.146. The number of rotatable bonds is 1. The van der Waals surface area contributed by atoms with Crippen LogP contribution in [0.2, 0.25) is 0 Å². The Bertz CT molecular complexity index is 334. The second-order valence-corrected chi connectivity index (χ2v) is 7.06. The van der Waals surface area contributed by atoms with E-state index < -0.39 is 0 Å². The molecule has 3 atom stereocenters. The van der Waals surface area contributed by atoms with Gasteiger partial charge >= 0.3 is 0 Å². The molecule has 0 aromatic carbocycles. The minimum Gasteiger partial charge on any atom is -0.374 e. The van der Waals surface area contributed by atoms with Gasteiger partial charge in [-0.15, -0.1) is 0 Å². The van der Waals surface area contributed by atoms with Crippen LogP contribution in [0.25, 0.3) is 0 Å². The Balaban J connectivity index is 2.23. The van der Waals surface area contributed by atoms with Crippen molar-refractivity contribution in [2.24, 2.45) is 16.7 Å². The van der Waals surface area contributed by atoms with E-state index in [1.165, 1.54) is 0 Å². The molecule has 0 radical (unpaired) electrons. The molecule has 1 saturated heterocycles. The molecule has 0 amide bonds. The second kappa shape index (κ2) is 3.81. The fourth-order valence-electron chi connectivity index (χ4n) is 3.72. The summed E-state index contributed by atoms with van der Waals surface area (Å²) in [5, 5.41) is 0. The van der Waals surface area contributed by atoms with E-state index >= 15 is 0 Å². The number of hydrogen-bond acceptors (Lipinski definition) is 2. The summed E-state index contributed by atoms with van der Waals surface area (Å²) in [7, 11) is 0. The maximum Gasteiger partial charge on any atom is 0.135 e. The van der Waals surface area contributed by atoms with Crippen molar-refractivity contribution < 1.29 is 9.53 Å². The molecule has 0 aromatic rings. The molecule has 1 spiro atoms. The zero-order valence-corrected chi connectivity index (χ0v) is 11.9. The molecular formula is C15H26O2. The molecule has 0 N–H and O–H groups in total. The molecule has 2 heteroatoms. The topological polar surface area (TPSA) is 26.3 Å². The first-order valence-electron chi connectivity index (χ1n) is 6.89. The van der Waals surface area contributed by atoms with Crippen LogP contribution in [0.15, 0.2) is 0 Å². The van der Waals surface area contributed by atoms with E-state index in [9.17, 15) is 4.79 Å². The number of carbonyl (C=O) groups excluding carboxylic acids is 1. The number of ether oxygens (including phenoxy) is 1. The van der Waals surface area contributed by atoms with Crippen LogP contribution in [-0.2, 0) is 9.53 Å². The molecule has 17 heavy (non-hydrogen) atoms. The average molecular weight is 238 g/mol. The zero-order valence-electron chi connectivity index (χ0n) is 11.9. The first-order valence-corrected chi connectivity index (χ1v) is 6.89. The highest BCUT2D eigenvalue weighted by Gasteiger charge is 2.56. The van der Waals surface area contributed by atoms with E-state index in [4.69, 9.17) is 4.74 Å². The van der Waals surface area contributed by atoms with Crippen LogP contribution < -0.4 is 0 Å². The van der Waals surface area contributed by atoms with Gasteiger partial charge in [0.2, 0.25) is 0 Å². The van der Waals surface area contributed by atoms with Crippen LogP contribution in [0.3, 0.4) is 0 Å². The first-order chi connectivity index (χ1) is 7.74. The van der Waals surface area contributed by atoms with Gasteiger partial charge in [0, 0.05) is 12.0 Å². The van der Waals surface area contributed by atoms with Crippen molar-refractivity contribution in [3.63, 3.8) is 0 Å². The molecule has 0 aromatic heterocycles. The molecule has 2 fully saturated rings. The van der Waals surface area contributed by atoms with Crippen molar-refractivity contribution in [2.75, 3.05) is 6.61 Å². The van der Waals surface area contributed by atoms with Gasteiger partial charge in [0.05, 0.1) is 5.60 Å². The highest BCUT2D eigenvalue weighted by atomic mass is 16.5. The molecule has 2 rings (SSSR count). The summed E-state index contributed by atoms with van der Waals surface area (Å²) in [4.78, 5) is 11.9. The van der Waals surface area contributed by atoms with Crippen molar-refractivity contribution in [2.45, 2.75) is 65.9 Å². The Morgan fingerprint density at radius 1 is 1.18 bits per heavy atom. The third-order valence-electron chi connectivity index (χ3n) is 5.91. The predicted octanol–water partition coefficient (Wildman–Crippen LogP) is 3.59. The minimum absolute atomic E-state index is 0.0291. The van der Waals surface area contributed by atoms with Crippen LogP contribution in [0, 0.1) is 16.7 Å². The molecule has 1 heterocycles. The van der Waals surface area contributed by atoms with Gasteiger partial charge < -0.3 is 4.74 Å². The number of carbonyl (C=O) groups is 1. The Hall–Kier alpha value is -0.370. The highest BCUT2D eigenvalue weighted by molar-refractivity contribution is 5.82. The number of ketones is 1. The van der Waals surface area contributed by atoms with Gasteiger partial charge in [-0.3, -0.25) is 4.79 Å². The van der Waals surface area contributed by atoms with Crippen LogP contribution in [0.5, 0.6) is 0 Å². The summed E-state index contributed by atoms with van der Waals surface area (Å²) >= 11 is 0. The molecule has 2 aliphatic rings. The van der Waals surface area contributed by atoms with Crippen molar-refractivity contribution in [1.29, 1.82) is 0 Å². The largest absolute Gasteiger partial charge is 0.374 e. The molecule has 1 aliphatic carbocycles. The standard InChI is InChI=1S/C15H26O2/c1-11-10-15(13(3,4)8-9-17-15)7-6-14(11,5)12(2)16/h11H,6-10H2,1-5H3/t11-,14-,15-/m0/s1. The maximum atomic E-state index is 11.9. The fraction of sp³-hybridized carbons (Fsp3) is 0.933. The van der Waals surface area contributed by atoms with Gasteiger partial charge in [0.15, 0.2) is 0 Å². The monoisotopic (exact) mass is 238 g/mol. The minimum atomic E-state index is -0.132. The fourth-order valence-corrected chi connectivity index (χ4v) is 3.72. The Morgan fingerprint density at radius 2 is 1.82 bits per heavy atom. The van der Waals surface area contributed by atoms with E-state index in [-0.39, 0.29) is 16.4 Å². The summed E-state index contributed by atoms with van der Waals surface area (Å²) in [6.07, 6.45) is 4.21. The zero-order chi connectivity index (χ0) is 12.9. The van der Waals surface area contributed by atoms with Crippen molar-refractivity contribution in [3.05, 3.63) is 0 Å². The first kappa shape index (κ1) is 13.1. The van der Waals surface area contributed by atoms with E-state index in [1.54, 1.807) is 6.92 Å². The summed E-state index contributed by atoms with van der Waals surface area (Å²) in [6, 6.07) is 0. The summed E-state index contributed by atoms with van der Waals surface area (Å²) in [5.41, 5.74) is 0.161. The highest BCUT2D eigenvalue weighted by Crippen LogP contribution is 2.56. The van der Waals surface area contributed by atoms with Crippen molar-refractivity contribution in [1.82, 2.24) is 0 Å². The molecule has 98 valence electrons. The molecule has 0 unspecified atom stereocenters. The van der Waals surface area contributed by atoms with Crippen molar-refractivity contribution >= 4 is 5.78 Å². The predicted molar refractivity (Wildman–Crippen MR) is 68.9 cm³/mol. The Kier molecular flexibility index (Phi) is 2.93. The van der Waals surface area contributed by atoms with Gasteiger partial charge in [0.25, 0.3) is 0 Å². The molecule has 1 saturated carbocycles. The van der Waals surface area contributed by atoms with Gasteiger partial charge in [-0.1, -0.05) is 27.7 Å². The van der Waals surface area contributed by atoms with Gasteiger partial charge in [-0.05, 0) is 43.9 Å². The van der Waals surface area contributed by atoms with Crippen molar-refractivity contribution in [3.8, 4) is 0 Å². The lowest BCUT2D eigenvalue weighted by atomic mass is 9.56. The maximum absolute atomic E-state index is 11.9. The van der Waals surface area contributed by atoms with Crippen LogP contribution >= 0.6 is 0 Å². The third-order valence-corrected chi connectivity index (χ3v) is 5.91. The lowest BCUT2D eigenvalue weighted by Crippen LogP contribution is -2.51. The molecule has 2 nitrogen and oxygen atoms in total. The Morgan fingerprint density at radius 3 is 2.24 bits per heavy atom. The van der Waals surface area contributed by atoms with Gasteiger partial charge in [-0.25, -0.2) is 0 Å². The van der Waals surface area contributed by atoms with E-state index in [0.717, 1.165) is 32.3 Å². The summed E-state index contributed by atoms with van der Waals surface area (Å²) in [6.45, 7) is 11.6. The second-order valence-electron chi connectivity index (χ2n) is 7.06. The normalized spacial score (nSPS) is 45.1. The quantitative estimate of drug-likeness (QED) is 0.698. The molecule has 1 aliphatic heterocycles. The van der Waals surface area contributed by atoms with Crippen LogP contribution in [0.4, 0.5) is 0 Å². The van der Waals surface area contributed by atoms with Gasteiger partial charge in [-0.2, -0.15) is 0 Å². The summed E-state index contributed by atoms with van der Waals surface area (Å²) < 4.78 is 6.13. The van der Waals surface area contributed by atoms with E-state index in [2.05, 4.69) is 27.7 Å².